The van der Waals surface area contributed by atoms with Crippen LogP contribution < -0.4 is 26.8 Å². The SMILES string of the molecule is NC(=O)NC1(C(=O)[O-])NC(=O)NC1=O.O.[Al+][Cl]. The minimum atomic E-state index is -2.62. The molecule has 1 fully saturated rings. The quantitative estimate of drug-likeness (QED) is 0.225. The molecule has 1 atom stereocenters. The first-order valence-electron chi connectivity index (χ1n) is 3.53. The summed E-state index contributed by atoms with van der Waals surface area (Å²) in [6, 6.07) is -2.35. The Morgan fingerprint density at radius 2 is 1.88 bits per heavy atom. The van der Waals surface area contributed by atoms with Crippen molar-refractivity contribution in [2.24, 2.45) is 5.73 Å². The third-order valence-corrected chi connectivity index (χ3v) is 1.49. The molecule has 10 nitrogen and oxygen atoms in total. The molecule has 0 aromatic rings. The Morgan fingerprint density at radius 1 is 1.41 bits per heavy atom. The third-order valence-electron chi connectivity index (χ3n) is 1.49. The number of aliphatic carboxylic acids is 1. The average molecular weight is 282 g/mol. The topological polar surface area (TPSA) is 185 Å². The monoisotopic (exact) mass is 281 g/mol. The van der Waals surface area contributed by atoms with Gasteiger partial charge in [-0.2, -0.15) is 0 Å². The molecule has 7 N–H and O–H groups in total. The number of urea groups is 2. The number of halogens is 1. The van der Waals surface area contributed by atoms with Gasteiger partial charge in [-0.05, 0) is 0 Å². The van der Waals surface area contributed by atoms with Crippen LogP contribution in [0.1, 0.15) is 0 Å². The number of carboxylic acid groups (broad SMARTS) is 1. The molecule has 1 saturated heterocycles. The fourth-order valence-corrected chi connectivity index (χ4v) is 0.923. The van der Waals surface area contributed by atoms with Crippen LogP contribution in [0.3, 0.4) is 0 Å². The molecular formula is C5H7AlClN4O6. The Morgan fingerprint density at radius 3 is 2.12 bits per heavy atom. The van der Waals surface area contributed by atoms with E-state index in [1.165, 1.54) is 0 Å². The number of carbonyl (C=O) groups is 4. The number of carbonyl (C=O) groups excluding carboxylic acids is 4. The summed E-state index contributed by atoms with van der Waals surface area (Å²) in [4.78, 5) is 42.6. The molecule has 93 valence electrons. The Bertz CT molecular complexity index is 351. The molecule has 1 heterocycles. The summed E-state index contributed by atoms with van der Waals surface area (Å²) in [5.41, 5.74) is 2.01. The molecule has 1 unspecified atom stereocenters. The number of hydrogen-bond acceptors (Lipinski definition) is 5. The number of nitrogens with two attached hydrogens (primary N) is 1. The Labute approximate surface area is 107 Å². The fraction of sp³-hybridized carbons (Fsp3) is 0.200. The number of carboxylic acids is 1. The van der Waals surface area contributed by atoms with E-state index in [4.69, 9.17) is 0 Å². The fourth-order valence-electron chi connectivity index (χ4n) is 0.923. The number of imide groups is 1. The Kier molecular flexibility index (Phi) is 7.26. The van der Waals surface area contributed by atoms with Gasteiger partial charge in [-0.25, -0.2) is 9.59 Å². The molecule has 0 aliphatic carbocycles. The van der Waals surface area contributed by atoms with E-state index in [1.54, 1.807) is 16.0 Å². The molecule has 17 heavy (non-hydrogen) atoms. The predicted octanol–water partition coefficient (Wildman–Crippen LogP) is -4.58. The van der Waals surface area contributed by atoms with Crippen LogP contribution >= 0.6 is 10.0 Å². The van der Waals surface area contributed by atoms with Crippen molar-refractivity contribution in [3.63, 3.8) is 0 Å². The molecule has 1 radical (unpaired) electrons. The Balaban J connectivity index is 0. The zero-order chi connectivity index (χ0) is 12.9. The van der Waals surface area contributed by atoms with E-state index in [-0.39, 0.29) is 5.48 Å². The van der Waals surface area contributed by atoms with Crippen molar-refractivity contribution >= 4 is 49.4 Å². The van der Waals surface area contributed by atoms with E-state index in [1.807, 2.05) is 15.4 Å². The van der Waals surface area contributed by atoms with E-state index in [0.717, 1.165) is 0 Å². The second kappa shape index (κ2) is 6.92. The molecule has 0 aromatic heterocycles. The molecule has 1 rings (SSSR count). The second-order valence-corrected chi connectivity index (χ2v) is 2.43. The van der Waals surface area contributed by atoms with E-state index < -0.39 is 29.6 Å². The van der Waals surface area contributed by atoms with Gasteiger partial charge in [0.2, 0.25) is 5.66 Å². The zero-order valence-electron chi connectivity index (χ0n) is 8.07. The summed E-state index contributed by atoms with van der Waals surface area (Å²) in [6.07, 6.45) is 0. The van der Waals surface area contributed by atoms with Gasteiger partial charge in [-0.15, -0.1) is 0 Å². The van der Waals surface area contributed by atoms with Crippen LogP contribution in [0.4, 0.5) is 9.59 Å². The van der Waals surface area contributed by atoms with Crippen molar-refractivity contribution < 1.29 is 29.8 Å². The standard InChI is InChI=1S/C5H6N4O5.Al.ClH.H2O/c6-3(13)8-5(2(11)12)1(10)7-4(14)9-5;;;/h(H,11,12)(H3,6,8,13)(H2,7,9,10,14);;1H;1H2/q;+2;;/p-2. The van der Waals surface area contributed by atoms with Crippen molar-refractivity contribution in [3.05, 3.63) is 0 Å². The molecule has 0 spiro atoms. The van der Waals surface area contributed by atoms with Crippen LogP contribution in [-0.4, -0.2) is 50.4 Å². The third kappa shape index (κ3) is 3.75. The summed E-state index contributed by atoms with van der Waals surface area (Å²) in [6.45, 7) is 0. The van der Waals surface area contributed by atoms with Crippen LogP contribution in [0.15, 0.2) is 0 Å². The number of rotatable bonds is 2. The molecule has 0 aromatic carbocycles. The van der Waals surface area contributed by atoms with Gasteiger partial charge in [0, 0.05) is 0 Å². The van der Waals surface area contributed by atoms with Crippen LogP contribution in [0.2, 0.25) is 0 Å². The Hall–Kier alpha value is -1.54. The maximum absolute atomic E-state index is 11.0. The summed E-state index contributed by atoms with van der Waals surface area (Å²) in [5.74, 6) is -3.25. The van der Waals surface area contributed by atoms with Gasteiger partial charge in [-0.3, -0.25) is 10.1 Å². The molecule has 0 bridgehead atoms. The van der Waals surface area contributed by atoms with Crippen molar-refractivity contribution in [2.45, 2.75) is 5.66 Å². The first-order valence-corrected chi connectivity index (χ1v) is 5.27. The van der Waals surface area contributed by atoms with E-state index in [9.17, 15) is 24.3 Å². The van der Waals surface area contributed by atoms with E-state index >= 15 is 0 Å². The van der Waals surface area contributed by atoms with Gasteiger partial charge in [0.25, 0.3) is 5.91 Å². The van der Waals surface area contributed by atoms with Gasteiger partial charge >= 0.3 is 37.5 Å². The van der Waals surface area contributed by atoms with E-state index in [2.05, 4.69) is 15.8 Å². The molecule has 5 amide bonds. The van der Waals surface area contributed by atoms with Crippen molar-refractivity contribution in [3.8, 4) is 0 Å². The maximum atomic E-state index is 11.0. The predicted molar refractivity (Wildman–Crippen MR) is 52.4 cm³/mol. The van der Waals surface area contributed by atoms with Crippen LogP contribution in [0.25, 0.3) is 0 Å². The van der Waals surface area contributed by atoms with Crippen molar-refractivity contribution in [2.75, 3.05) is 0 Å². The van der Waals surface area contributed by atoms with Gasteiger partial charge in [0.15, 0.2) is 0 Å². The van der Waals surface area contributed by atoms with Crippen LogP contribution in [0.5, 0.6) is 0 Å². The molecular weight excluding hydrogens is 275 g/mol. The number of nitrogens with one attached hydrogen (secondary N) is 3. The van der Waals surface area contributed by atoms with Crippen molar-refractivity contribution in [1.82, 2.24) is 16.0 Å². The van der Waals surface area contributed by atoms with Gasteiger partial charge in [0.05, 0.1) is 5.97 Å². The normalized spacial score (nSPS) is 20.9. The van der Waals surface area contributed by atoms with Gasteiger partial charge < -0.3 is 31.7 Å². The summed E-state index contributed by atoms with van der Waals surface area (Å²) in [7, 11) is 4.56. The zero-order valence-corrected chi connectivity index (χ0v) is 9.98. The van der Waals surface area contributed by atoms with Crippen LogP contribution in [0, 0.1) is 0 Å². The molecule has 1 aliphatic rings. The summed E-state index contributed by atoms with van der Waals surface area (Å²) in [5, 5.41) is 15.4. The van der Waals surface area contributed by atoms with Crippen molar-refractivity contribution in [1.29, 1.82) is 0 Å². The first-order chi connectivity index (χ1) is 7.38. The molecule has 0 saturated carbocycles. The minimum absolute atomic E-state index is 0. The average Bonchev–Trinajstić information content (AvgIpc) is 2.45. The number of primary amides is 1. The summed E-state index contributed by atoms with van der Waals surface area (Å²) < 4.78 is 0. The second-order valence-electron chi connectivity index (χ2n) is 2.43. The summed E-state index contributed by atoms with van der Waals surface area (Å²) >= 11 is 1.89. The first kappa shape index (κ1) is 17.8. The van der Waals surface area contributed by atoms with Crippen LogP contribution in [-0.2, 0) is 9.59 Å². The number of hydrogen-bond donors (Lipinski definition) is 4. The number of amides is 5. The molecule has 12 heteroatoms. The van der Waals surface area contributed by atoms with Gasteiger partial charge in [0.1, 0.15) is 0 Å². The van der Waals surface area contributed by atoms with E-state index in [0.29, 0.717) is 0 Å². The molecule has 1 aliphatic heterocycles. The van der Waals surface area contributed by atoms with Gasteiger partial charge in [-0.1, -0.05) is 0 Å².